The van der Waals surface area contributed by atoms with E-state index < -0.39 is 0 Å². The lowest BCUT2D eigenvalue weighted by Crippen LogP contribution is -2.32. The molecule has 0 saturated carbocycles. The predicted molar refractivity (Wildman–Crippen MR) is 66.3 cm³/mol. The monoisotopic (exact) mass is 227 g/mol. The first-order chi connectivity index (χ1) is 7.31. The molecule has 15 heavy (non-hydrogen) atoms. The molecular formula is C12H21NOS. The van der Waals surface area contributed by atoms with Gasteiger partial charge in [0.05, 0.1) is 0 Å². The van der Waals surface area contributed by atoms with Crippen LogP contribution in [-0.4, -0.2) is 17.8 Å². The first-order valence-electron chi connectivity index (χ1n) is 5.72. The van der Waals surface area contributed by atoms with Gasteiger partial charge in [0.25, 0.3) is 0 Å². The van der Waals surface area contributed by atoms with Gasteiger partial charge in [0.2, 0.25) is 0 Å². The predicted octanol–water partition coefficient (Wildman–Crippen LogP) is 2.95. The molecule has 1 heterocycles. The zero-order valence-corrected chi connectivity index (χ0v) is 10.4. The first-order valence-corrected chi connectivity index (χ1v) is 6.60. The maximum Gasteiger partial charge on any atom is 0.0449 e. The van der Waals surface area contributed by atoms with Crippen molar-refractivity contribution < 1.29 is 5.11 Å². The van der Waals surface area contributed by atoms with Gasteiger partial charge in [-0.15, -0.1) is 11.3 Å². The molecule has 3 heteroatoms. The van der Waals surface area contributed by atoms with Crippen molar-refractivity contribution in [1.82, 2.24) is 5.32 Å². The number of aliphatic hydroxyl groups is 1. The Labute approximate surface area is 96.3 Å². The van der Waals surface area contributed by atoms with E-state index in [-0.39, 0.29) is 6.61 Å². The second-order valence-corrected chi connectivity index (χ2v) is 4.74. The van der Waals surface area contributed by atoms with Crippen LogP contribution in [0.2, 0.25) is 0 Å². The number of hydrogen-bond donors (Lipinski definition) is 2. The minimum absolute atomic E-state index is 0.246. The third-order valence-electron chi connectivity index (χ3n) is 2.73. The highest BCUT2D eigenvalue weighted by Gasteiger charge is 2.14. The Bertz CT molecular complexity index is 244. The zero-order valence-electron chi connectivity index (χ0n) is 9.57. The van der Waals surface area contributed by atoms with Gasteiger partial charge in [0.15, 0.2) is 0 Å². The van der Waals surface area contributed by atoms with Gasteiger partial charge in [0.1, 0.15) is 0 Å². The van der Waals surface area contributed by atoms with Crippen molar-refractivity contribution in [1.29, 1.82) is 0 Å². The van der Waals surface area contributed by atoms with Crippen LogP contribution >= 0.6 is 11.3 Å². The van der Waals surface area contributed by atoms with Gasteiger partial charge in [-0.2, -0.15) is 0 Å². The number of rotatable bonds is 7. The summed E-state index contributed by atoms with van der Waals surface area (Å²) in [4.78, 5) is 1.33. The molecule has 1 atom stereocenters. The molecule has 2 nitrogen and oxygen atoms in total. The number of nitrogens with one attached hydrogen (secondary N) is 1. The molecule has 0 aromatic carbocycles. The Morgan fingerprint density at radius 3 is 2.60 bits per heavy atom. The highest BCUT2D eigenvalue weighted by Crippen LogP contribution is 2.23. The van der Waals surface area contributed by atoms with E-state index in [2.05, 4.69) is 36.7 Å². The van der Waals surface area contributed by atoms with Crippen molar-refractivity contribution in [3.63, 3.8) is 0 Å². The summed E-state index contributed by atoms with van der Waals surface area (Å²) in [5.74, 6) is 0. The fourth-order valence-corrected chi connectivity index (χ4v) is 2.56. The molecule has 0 fully saturated rings. The van der Waals surface area contributed by atoms with Gasteiger partial charge in [-0.1, -0.05) is 19.9 Å². The Kier molecular flexibility index (Phi) is 5.91. The van der Waals surface area contributed by atoms with E-state index in [0.29, 0.717) is 12.1 Å². The molecule has 0 bridgehead atoms. The van der Waals surface area contributed by atoms with Crippen LogP contribution in [0.15, 0.2) is 17.5 Å². The van der Waals surface area contributed by atoms with Gasteiger partial charge in [-0.05, 0) is 30.7 Å². The molecule has 1 aromatic rings. The van der Waals surface area contributed by atoms with Crippen LogP contribution in [0, 0.1) is 0 Å². The van der Waals surface area contributed by atoms with Crippen LogP contribution in [0.1, 0.15) is 44.0 Å². The van der Waals surface area contributed by atoms with Crippen LogP contribution in [0.5, 0.6) is 0 Å². The molecule has 0 spiro atoms. The van der Waals surface area contributed by atoms with Crippen molar-refractivity contribution in [2.24, 2.45) is 0 Å². The maximum atomic E-state index is 9.06. The van der Waals surface area contributed by atoms with Crippen LogP contribution in [0.4, 0.5) is 0 Å². The van der Waals surface area contributed by atoms with Gasteiger partial charge in [-0.25, -0.2) is 0 Å². The number of thiophene rings is 1. The average molecular weight is 227 g/mol. The Hall–Kier alpha value is -0.380. The maximum absolute atomic E-state index is 9.06. The molecule has 0 radical (unpaired) electrons. The van der Waals surface area contributed by atoms with E-state index in [9.17, 15) is 0 Å². The first kappa shape index (κ1) is 12.7. The second kappa shape index (κ2) is 6.99. The fraction of sp³-hybridized carbons (Fsp3) is 0.667. The highest BCUT2D eigenvalue weighted by atomic mass is 32.1. The quantitative estimate of drug-likeness (QED) is 0.750. The minimum atomic E-state index is 0.246. The largest absolute Gasteiger partial charge is 0.396 e. The van der Waals surface area contributed by atoms with Crippen molar-refractivity contribution in [2.75, 3.05) is 6.61 Å². The normalized spacial score (nSPS) is 13.3. The summed E-state index contributed by atoms with van der Waals surface area (Å²) in [6.45, 7) is 4.65. The Balaban J connectivity index is 2.58. The third-order valence-corrected chi connectivity index (χ3v) is 3.71. The standard InChI is InChI=1S/C12H21NOS/c1-3-10(4-2)13-11(7-8-14)12-6-5-9-15-12/h5-6,9-11,13-14H,3-4,7-8H2,1-2H3. The van der Waals surface area contributed by atoms with E-state index in [1.807, 2.05) is 0 Å². The molecule has 1 aromatic heterocycles. The van der Waals surface area contributed by atoms with Crippen molar-refractivity contribution in [2.45, 2.75) is 45.2 Å². The lowest BCUT2D eigenvalue weighted by molar-refractivity contribution is 0.258. The van der Waals surface area contributed by atoms with Crippen molar-refractivity contribution >= 4 is 11.3 Å². The van der Waals surface area contributed by atoms with E-state index in [1.54, 1.807) is 11.3 Å². The van der Waals surface area contributed by atoms with Crippen molar-refractivity contribution in [3.8, 4) is 0 Å². The second-order valence-electron chi connectivity index (χ2n) is 3.76. The summed E-state index contributed by atoms with van der Waals surface area (Å²) in [6.07, 6.45) is 3.09. The highest BCUT2D eigenvalue weighted by molar-refractivity contribution is 7.10. The van der Waals surface area contributed by atoms with E-state index in [0.717, 1.165) is 19.3 Å². The van der Waals surface area contributed by atoms with Crippen molar-refractivity contribution in [3.05, 3.63) is 22.4 Å². The van der Waals surface area contributed by atoms with E-state index in [1.165, 1.54) is 4.88 Å². The SMILES string of the molecule is CCC(CC)NC(CCO)c1cccs1. The summed E-state index contributed by atoms with van der Waals surface area (Å²) in [7, 11) is 0. The molecule has 0 aliphatic heterocycles. The van der Waals surface area contributed by atoms with Crippen LogP contribution in [-0.2, 0) is 0 Å². The van der Waals surface area contributed by atoms with Gasteiger partial charge in [-0.3, -0.25) is 0 Å². The molecule has 1 rings (SSSR count). The molecule has 86 valence electrons. The van der Waals surface area contributed by atoms with E-state index in [4.69, 9.17) is 5.11 Å². The molecule has 0 aliphatic carbocycles. The number of hydrogen-bond acceptors (Lipinski definition) is 3. The Morgan fingerprint density at radius 1 is 1.40 bits per heavy atom. The lowest BCUT2D eigenvalue weighted by Gasteiger charge is -2.22. The van der Waals surface area contributed by atoms with E-state index >= 15 is 0 Å². The van der Waals surface area contributed by atoms with Crippen LogP contribution in [0.3, 0.4) is 0 Å². The minimum Gasteiger partial charge on any atom is -0.396 e. The lowest BCUT2D eigenvalue weighted by atomic mass is 10.1. The average Bonchev–Trinajstić information content (AvgIpc) is 2.77. The molecule has 0 amide bonds. The van der Waals surface area contributed by atoms with Crippen LogP contribution < -0.4 is 5.32 Å². The fourth-order valence-electron chi connectivity index (χ4n) is 1.74. The molecule has 2 N–H and O–H groups in total. The zero-order chi connectivity index (χ0) is 11.1. The molecule has 0 saturated heterocycles. The van der Waals surface area contributed by atoms with Gasteiger partial charge >= 0.3 is 0 Å². The summed E-state index contributed by atoms with van der Waals surface area (Å²) in [5, 5.41) is 14.8. The van der Waals surface area contributed by atoms with Gasteiger partial charge < -0.3 is 10.4 Å². The molecule has 0 aliphatic rings. The van der Waals surface area contributed by atoms with Crippen LogP contribution in [0.25, 0.3) is 0 Å². The summed E-state index contributed by atoms with van der Waals surface area (Å²) < 4.78 is 0. The molecular weight excluding hydrogens is 206 g/mol. The third kappa shape index (κ3) is 3.93. The molecule has 1 unspecified atom stereocenters. The summed E-state index contributed by atoms with van der Waals surface area (Å²) in [6, 6.07) is 5.09. The summed E-state index contributed by atoms with van der Waals surface area (Å²) >= 11 is 1.76. The Morgan fingerprint density at radius 2 is 2.13 bits per heavy atom. The topological polar surface area (TPSA) is 32.3 Å². The van der Waals surface area contributed by atoms with Gasteiger partial charge in [0, 0.05) is 23.6 Å². The summed E-state index contributed by atoms with van der Waals surface area (Å²) in [5.41, 5.74) is 0. The smallest absolute Gasteiger partial charge is 0.0449 e. The number of aliphatic hydroxyl groups excluding tert-OH is 1.